The Balaban J connectivity index is 1.55. The molecule has 2 aromatic rings. The lowest BCUT2D eigenvalue weighted by atomic mass is 10.2. The van der Waals surface area contributed by atoms with Crippen LogP contribution in [-0.4, -0.2) is 55.1 Å². The van der Waals surface area contributed by atoms with Crippen LogP contribution in [0.5, 0.6) is 0 Å². The molecule has 3 rings (SSSR count). The number of morpholine rings is 1. The molecule has 0 saturated carbocycles. The van der Waals surface area contributed by atoms with Crippen LogP contribution in [0.15, 0.2) is 33.7 Å². The normalized spacial score (nSPS) is 15.6. The first-order chi connectivity index (χ1) is 13.0. The zero-order valence-electron chi connectivity index (χ0n) is 14.4. The maximum atomic E-state index is 12.6. The molecule has 0 atom stereocenters. The van der Waals surface area contributed by atoms with Gasteiger partial charge in [-0.1, -0.05) is 5.16 Å². The molecule has 11 heteroatoms. The van der Waals surface area contributed by atoms with Crippen molar-refractivity contribution in [3.8, 4) is 0 Å². The number of sulfonamides is 1. The first-order valence-electron chi connectivity index (χ1n) is 8.34. The number of aromatic nitrogens is 2. The van der Waals surface area contributed by atoms with Crippen molar-refractivity contribution >= 4 is 33.2 Å². The van der Waals surface area contributed by atoms with Crippen LogP contribution in [0, 0.1) is 0 Å². The number of halogens is 1. The Kier molecular flexibility index (Phi) is 6.42. The molecule has 0 unspecified atom stereocenters. The van der Waals surface area contributed by atoms with E-state index in [0.29, 0.717) is 50.1 Å². The fourth-order valence-corrected chi connectivity index (χ4v) is 4.05. The maximum absolute atomic E-state index is 12.6. The second kappa shape index (κ2) is 8.79. The molecule has 2 heterocycles. The quantitative estimate of drug-likeness (QED) is 0.681. The first kappa shape index (κ1) is 19.7. The number of nitrogens with zero attached hydrogens (tertiary/aromatic N) is 3. The molecule has 27 heavy (non-hydrogen) atoms. The SMILES string of the molecule is O=C(CCc1nc(CCl)no1)Nc1ccc(S(=O)(=O)N2CCOCC2)cc1. The van der Waals surface area contributed by atoms with E-state index in [-0.39, 0.29) is 23.1 Å². The Hall–Kier alpha value is -2.01. The van der Waals surface area contributed by atoms with Crippen molar-refractivity contribution in [2.75, 3.05) is 31.6 Å². The van der Waals surface area contributed by atoms with Gasteiger partial charge in [-0.15, -0.1) is 11.6 Å². The summed E-state index contributed by atoms with van der Waals surface area (Å²) < 4.78 is 36.6. The topological polar surface area (TPSA) is 115 Å². The van der Waals surface area contributed by atoms with Crippen LogP contribution in [0.25, 0.3) is 0 Å². The fourth-order valence-electron chi connectivity index (χ4n) is 2.54. The zero-order chi connectivity index (χ0) is 19.3. The summed E-state index contributed by atoms with van der Waals surface area (Å²) in [4.78, 5) is 16.2. The van der Waals surface area contributed by atoms with Crippen LogP contribution in [0.3, 0.4) is 0 Å². The lowest BCUT2D eigenvalue weighted by Gasteiger charge is -2.26. The largest absolute Gasteiger partial charge is 0.379 e. The molecule has 1 fully saturated rings. The molecule has 9 nitrogen and oxygen atoms in total. The highest BCUT2D eigenvalue weighted by atomic mass is 35.5. The third-order valence-corrected chi connectivity index (χ3v) is 6.09. The van der Waals surface area contributed by atoms with Gasteiger partial charge in [0.05, 0.1) is 24.0 Å². The summed E-state index contributed by atoms with van der Waals surface area (Å²) in [5.74, 6) is 0.622. The molecule has 1 amide bonds. The smallest absolute Gasteiger partial charge is 0.243 e. The number of carbonyl (C=O) groups is 1. The minimum atomic E-state index is -3.55. The predicted octanol–water partition coefficient (Wildman–Crippen LogP) is 1.40. The highest BCUT2D eigenvalue weighted by Gasteiger charge is 2.26. The molecule has 0 radical (unpaired) electrons. The van der Waals surface area contributed by atoms with Gasteiger partial charge in [0, 0.05) is 31.6 Å². The van der Waals surface area contributed by atoms with Crippen LogP contribution < -0.4 is 5.32 Å². The molecule has 1 aliphatic rings. The number of benzene rings is 1. The van der Waals surface area contributed by atoms with E-state index in [2.05, 4.69) is 15.5 Å². The third kappa shape index (κ3) is 5.04. The second-order valence-corrected chi connectivity index (χ2v) is 8.03. The lowest BCUT2D eigenvalue weighted by molar-refractivity contribution is -0.116. The zero-order valence-corrected chi connectivity index (χ0v) is 16.0. The summed E-state index contributed by atoms with van der Waals surface area (Å²) in [7, 11) is -3.55. The monoisotopic (exact) mass is 414 g/mol. The number of hydrogen-bond acceptors (Lipinski definition) is 7. The third-order valence-electron chi connectivity index (χ3n) is 3.94. The van der Waals surface area contributed by atoms with Gasteiger partial charge in [-0.25, -0.2) is 8.42 Å². The van der Waals surface area contributed by atoms with E-state index in [1.54, 1.807) is 12.1 Å². The van der Waals surface area contributed by atoms with E-state index < -0.39 is 10.0 Å². The Bertz CT molecular complexity index is 878. The van der Waals surface area contributed by atoms with Crippen molar-refractivity contribution < 1.29 is 22.5 Å². The summed E-state index contributed by atoms with van der Waals surface area (Å²) in [5, 5.41) is 6.36. The van der Waals surface area contributed by atoms with Crippen molar-refractivity contribution in [2.24, 2.45) is 0 Å². The number of rotatable bonds is 7. The molecule has 1 aromatic carbocycles. The van der Waals surface area contributed by atoms with Crippen LogP contribution >= 0.6 is 11.6 Å². The van der Waals surface area contributed by atoms with Gasteiger partial charge < -0.3 is 14.6 Å². The number of nitrogens with one attached hydrogen (secondary N) is 1. The molecular formula is C16H19ClN4O5S. The van der Waals surface area contributed by atoms with Crippen LogP contribution in [0.4, 0.5) is 5.69 Å². The van der Waals surface area contributed by atoms with E-state index in [1.807, 2.05) is 0 Å². The first-order valence-corrected chi connectivity index (χ1v) is 10.3. The molecule has 0 aliphatic carbocycles. The maximum Gasteiger partial charge on any atom is 0.243 e. The van der Waals surface area contributed by atoms with Crippen molar-refractivity contribution in [1.29, 1.82) is 0 Å². The van der Waals surface area contributed by atoms with Crippen LogP contribution in [-0.2, 0) is 31.9 Å². The number of aryl methyl sites for hydroxylation is 1. The molecule has 0 spiro atoms. The standard InChI is InChI=1S/C16H19ClN4O5S/c17-11-14-19-16(26-20-14)6-5-15(22)18-12-1-3-13(4-2-12)27(23,24)21-7-9-25-10-8-21/h1-4H,5-11H2,(H,18,22). The minimum absolute atomic E-state index is 0.148. The summed E-state index contributed by atoms with van der Waals surface area (Å²) in [5.41, 5.74) is 0.507. The number of alkyl halides is 1. The molecule has 1 aromatic heterocycles. The van der Waals surface area contributed by atoms with Crippen LogP contribution in [0.1, 0.15) is 18.1 Å². The van der Waals surface area contributed by atoms with Crippen molar-refractivity contribution in [3.63, 3.8) is 0 Å². The number of ether oxygens (including phenoxy) is 1. The molecule has 1 aliphatic heterocycles. The second-order valence-electron chi connectivity index (χ2n) is 5.83. The van der Waals surface area contributed by atoms with Gasteiger partial charge in [-0.2, -0.15) is 9.29 Å². The Morgan fingerprint density at radius 3 is 2.56 bits per heavy atom. The van der Waals surface area contributed by atoms with Crippen LogP contribution in [0.2, 0.25) is 0 Å². The Labute approximate surface area is 161 Å². The van der Waals surface area contributed by atoms with Gasteiger partial charge in [0.2, 0.25) is 21.8 Å². The highest BCUT2D eigenvalue weighted by molar-refractivity contribution is 7.89. The van der Waals surface area contributed by atoms with E-state index >= 15 is 0 Å². The number of hydrogen-bond donors (Lipinski definition) is 1. The average Bonchev–Trinajstić information content (AvgIpc) is 3.16. The minimum Gasteiger partial charge on any atom is -0.379 e. The van der Waals surface area contributed by atoms with Crippen molar-refractivity contribution in [3.05, 3.63) is 36.0 Å². The van der Waals surface area contributed by atoms with E-state index in [0.717, 1.165) is 0 Å². The van der Waals surface area contributed by atoms with E-state index in [4.69, 9.17) is 20.9 Å². The van der Waals surface area contributed by atoms with E-state index in [9.17, 15) is 13.2 Å². The Morgan fingerprint density at radius 2 is 1.93 bits per heavy atom. The fraction of sp³-hybridized carbons (Fsp3) is 0.438. The van der Waals surface area contributed by atoms with Gasteiger partial charge in [0.25, 0.3) is 0 Å². The molecule has 0 bridgehead atoms. The lowest BCUT2D eigenvalue weighted by Crippen LogP contribution is -2.40. The van der Waals surface area contributed by atoms with Gasteiger partial charge in [-0.3, -0.25) is 4.79 Å². The summed E-state index contributed by atoms with van der Waals surface area (Å²) in [6.45, 7) is 1.45. The van der Waals surface area contributed by atoms with Gasteiger partial charge in [0.15, 0.2) is 5.82 Å². The highest BCUT2D eigenvalue weighted by Crippen LogP contribution is 2.19. The van der Waals surface area contributed by atoms with E-state index in [1.165, 1.54) is 16.4 Å². The number of amides is 1. The summed E-state index contributed by atoms with van der Waals surface area (Å²) >= 11 is 5.59. The number of carbonyl (C=O) groups excluding carboxylic acids is 1. The van der Waals surface area contributed by atoms with Gasteiger partial charge in [0.1, 0.15) is 0 Å². The van der Waals surface area contributed by atoms with Crippen molar-refractivity contribution in [2.45, 2.75) is 23.6 Å². The summed E-state index contributed by atoms with van der Waals surface area (Å²) in [6, 6.07) is 6.07. The predicted molar refractivity (Wildman–Crippen MR) is 96.8 cm³/mol. The molecular weight excluding hydrogens is 396 g/mol. The molecule has 146 valence electrons. The number of anilines is 1. The van der Waals surface area contributed by atoms with Gasteiger partial charge >= 0.3 is 0 Å². The summed E-state index contributed by atoms with van der Waals surface area (Å²) in [6.07, 6.45) is 0.441. The Morgan fingerprint density at radius 1 is 1.22 bits per heavy atom. The van der Waals surface area contributed by atoms with Gasteiger partial charge in [-0.05, 0) is 24.3 Å². The van der Waals surface area contributed by atoms with Crippen molar-refractivity contribution in [1.82, 2.24) is 14.4 Å². The average molecular weight is 415 g/mol. The molecule has 1 saturated heterocycles. The molecule has 1 N–H and O–H groups in total.